The van der Waals surface area contributed by atoms with Crippen LogP contribution in [-0.2, 0) is 0 Å². The molecule has 1 N–H and O–H groups in total. The molecule has 1 fully saturated rings. The van der Waals surface area contributed by atoms with Gasteiger partial charge < -0.3 is 10.2 Å². The molecule has 0 aliphatic carbocycles. The number of rotatable bonds is 1. The number of nitrogens with zero attached hydrogens (tertiary/aromatic N) is 5. The molecule has 0 amide bonds. The van der Waals surface area contributed by atoms with E-state index in [1.54, 1.807) is 4.52 Å². The highest BCUT2D eigenvalue weighted by atomic mass is 15.4. The quantitative estimate of drug-likeness (QED) is 0.721. The average Bonchev–Trinajstić information content (AvgIpc) is 2.72. The van der Waals surface area contributed by atoms with Crippen molar-refractivity contribution in [3.8, 4) is 0 Å². The Labute approximate surface area is 93.3 Å². The molecule has 16 heavy (non-hydrogen) atoms. The van der Waals surface area contributed by atoms with Gasteiger partial charge in [0.1, 0.15) is 5.82 Å². The van der Waals surface area contributed by atoms with Gasteiger partial charge in [0.25, 0.3) is 0 Å². The van der Waals surface area contributed by atoms with Crippen molar-refractivity contribution in [1.82, 2.24) is 25.1 Å². The van der Waals surface area contributed by atoms with Crippen molar-refractivity contribution in [1.29, 1.82) is 0 Å². The van der Waals surface area contributed by atoms with Crippen LogP contribution in [0.25, 0.3) is 5.65 Å². The number of anilines is 1. The highest BCUT2D eigenvalue weighted by Gasteiger charge is 2.12. The fourth-order valence-corrected chi connectivity index (χ4v) is 1.95. The third-order valence-corrected chi connectivity index (χ3v) is 2.85. The van der Waals surface area contributed by atoms with Gasteiger partial charge in [-0.2, -0.15) is 4.52 Å². The van der Waals surface area contributed by atoms with E-state index in [4.69, 9.17) is 0 Å². The van der Waals surface area contributed by atoms with E-state index in [9.17, 15) is 0 Å². The van der Waals surface area contributed by atoms with Crippen molar-refractivity contribution >= 4 is 11.5 Å². The Morgan fingerprint density at radius 2 is 2.00 bits per heavy atom. The third-order valence-electron chi connectivity index (χ3n) is 2.85. The average molecular weight is 218 g/mol. The largest absolute Gasteiger partial charge is 0.353 e. The summed E-state index contributed by atoms with van der Waals surface area (Å²) in [6, 6.07) is 3.97. The molecular formula is C10H14N6. The van der Waals surface area contributed by atoms with E-state index >= 15 is 0 Å². The van der Waals surface area contributed by atoms with Gasteiger partial charge in [-0.15, -0.1) is 15.3 Å². The van der Waals surface area contributed by atoms with Crippen LogP contribution in [0.1, 0.15) is 5.82 Å². The van der Waals surface area contributed by atoms with Gasteiger partial charge in [0, 0.05) is 26.2 Å². The van der Waals surface area contributed by atoms with Gasteiger partial charge in [0.15, 0.2) is 11.5 Å². The van der Waals surface area contributed by atoms with E-state index < -0.39 is 0 Å². The summed E-state index contributed by atoms with van der Waals surface area (Å²) in [5.74, 6) is 1.82. The lowest BCUT2D eigenvalue weighted by molar-refractivity contribution is 0.581. The van der Waals surface area contributed by atoms with Crippen molar-refractivity contribution in [3.63, 3.8) is 0 Å². The molecule has 1 aliphatic rings. The minimum Gasteiger partial charge on any atom is -0.353 e. The smallest absolute Gasteiger partial charge is 0.178 e. The third kappa shape index (κ3) is 1.51. The molecule has 0 radical (unpaired) electrons. The summed E-state index contributed by atoms with van der Waals surface area (Å²) in [4.78, 5) is 2.27. The van der Waals surface area contributed by atoms with E-state index in [0.717, 1.165) is 43.5 Å². The highest BCUT2D eigenvalue weighted by molar-refractivity contribution is 5.45. The topological polar surface area (TPSA) is 58.4 Å². The van der Waals surface area contributed by atoms with Crippen LogP contribution in [0.2, 0.25) is 0 Å². The fourth-order valence-electron chi connectivity index (χ4n) is 1.95. The standard InChI is InChI=1S/C10H14N6/c1-8-12-13-9-2-3-10(14-16(8)9)15-6-4-11-5-7-15/h2-3,11H,4-7H2,1H3. The van der Waals surface area contributed by atoms with Crippen molar-refractivity contribution in [2.45, 2.75) is 6.92 Å². The van der Waals surface area contributed by atoms with Crippen LogP contribution in [0.15, 0.2) is 12.1 Å². The molecule has 84 valence electrons. The zero-order chi connectivity index (χ0) is 11.0. The predicted octanol–water partition coefficient (Wildman–Crippen LogP) is -0.158. The zero-order valence-electron chi connectivity index (χ0n) is 9.22. The lowest BCUT2D eigenvalue weighted by atomic mass is 10.3. The van der Waals surface area contributed by atoms with Crippen molar-refractivity contribution in [2.24, 2.45) is 0 Å². The molecule has 0 spiro atoms. The Bertz CT molecular complexity index is 499. The Morgan fingerprint density at radius 1 is 1.19 bits per heavy atom. The van der Waals surface area contributed by atoms with Gasteiger partial charge in [-0.25, -0.2) is 0 Å². The first-order chi connectivity index (χ1) is 7.84. The van der Waals surface area contributed by atoms with Gasteiger partial charge in [-0.05, 0) is 19.1 Å². The van der Waals surface area contributed by atoms with Crippen LogP contribution < -0.4 is 10.2 Å². The lowest BCUT2D eigenvalue weighted by Gasteiger charge is -2.28. The van der Waals surface area contributed by atoms with E-state index in [1.807, 2.05) is 19.1 Å². The minimum atomic E-state index is 0.802. The molecule has 2 aromatic rings. The first-order valence-corrected chi connectivity index (χ1v) is 5.49. The summed E-state index contributed by atoms with van der Waals surface area (Å²) in [6.45, 7) is 5.94. The number of aryl methyl sites for hydroxylation is 1. The first-order valence-electron chi connectivity index (χ1n) is 5.49. The molecule has 0 atom stereocenters. The molecular weight excluding hydrogens is 204 g/mol. The van der Waals surface area contributed by atoms with E-state index in [1.165, 1.54) is 0 Å². The van der Waals surface area contributed by atoms with Crippen molar-refractivity contribution in [3.05, 3.63) is 18.0 Å². The van der Waals surface area contributed by atoms with Gasteiger partial charge in [-0.3, -0.25) is 0 Å². The molecule has 0 unspecified atom stereocenters. The molecule has 6 heteroatoms. The first kappa shape index (κ1) is 9.53. The van der Waals surface area contributed by atoms with Gasteiger partial charge in [0.2, 0.25) is 0 Å². The van der Waals surface area contributed by atoms with Crippen molar-refractivity contribution in [2.75, 3.05) is 31.1 Å². The lowest BCUT2D eigenvalue weighted by Crippen LogP contribution is -2.44. The van der Waals surface area contributed by atoms with Crippen LogP contribution in [0, 0.1) is 6.92 Å². The molecule has 6 nitrogen and oxygen atoms in total. The summed E-state index contributed by atoms with van der Waals surface area (Å²) in [6.07, 6.45) is 0. The van der Waals surface area contributed by atoms with Crippen molar-refractivity contribution < 1.29 is 0 Å². The van der Waals surface area contributed by atoms with E-state index in [0.29, 0.717) is 0 Å². The number of piperazine rings is 1. The van der Waals surface area contributed by atoms with Crippen LogP contribution in [0.4, 0.5) is 5.82 Å². The number of hydrogen-bond donors (Lipinski definition) is 1. The Kier molecular flexibility index (Phi) is 2.21. The highest BCUT2D eigenvalue weighted by Crippen LogP contribution is 2.12. The Hall–Kier alpha value is -1.69. The molecule has 2 aromatic heterocycles. The number of aromatic nitrogens is 4. The minimum absolute atomic E-state index is 0.802. The second-order valence-electron chi connectivity index (χ2n) is 3.95. The maximum atomic E-state index is 4.55. The van der Waals surface area contributed by atoms with Gasteiger partial charge in [0.05, 0.1) is 0 Å². The maximum absolute atomic E-state index is 4.55. The molecule has 1 aliphatic heterocycles. The summed E-state index contributed by atoms with van der Waals surface area (Å²) in [5, 5.41) is 15.9. The second-order valence-corrected chi connectivity index (χ2v) is 3.95. The van der Waals surface area contributed by atoms with Crippen LogP contribution in [-0.4, -0.2) is 46.0 Å². The number of hydrogen-bond acceptors (Lipinski definition) is 5. The Balaban J connectivity index is 1.99. The fraction of sp³-hybridized carbons (Fsp3) is 0.500. The summed E-state index contributed by atoms with van der Waals surface area (Å²) in [5.41, 5.74) is 0.802. The SMILES string of the molecule is Cc1nnc2ccc(N3CCNCC3)nn12. The maximum Gasteiger partial charge on any atom is 0.178 e. The molecule has 3 rings (SSSR count). The van der Waals surface area contributed by atoms with Gasteiger partial charge in [-0.1, -0.05) is 0 Å². The van der Waals surface area contributed by atoms with Gasteiger partial charge >= 0.3 is 0 Å². The second kappa shape index (κ2) is 3.71. The van der Waals surface area contributed by atoms with E-state index in [2.05, 4.69) is 25.5 Å². The normalized spacial score (nSPS) is 16.9. The van der Waals surface area contributed by atoms with E-state index in [-0.39, 0.29) is 0 Å². The van der Waals surface area contributed by atoms with Crippen LogP contribution in [0.5, 0.6) is 0 Å². The number of fused-ring (bicyclic) bond motifs is 1. The molecule has 0 bridgehead atoms. The summed E-state index contributed by atoms with van der Waals surface area (Å²) in [7, 11) is 0. The molecule has 3 heterocycles. The summed E-state index contributed by atoms with van der Waals surface area (Å²) < 4.78 is 1.79. The Morgan fingerprint density at radius 3 is 2.81 bits per heavy atom. The number of nitrogens with one attached hydrogen (secondary N) is 1. The zero-order valence-corrected chi connectivity index (χ0v) is 9.22. The monoisotopic (exact) mass is 218 g/mol. The van der Waals surface area contributed by atoms with Crippen LogP contribution >= 0.6 is 0 Å². The van der Waals surface area contributed by atoms with Crippen LogP contribution in [0.3, 0.4) is 0 Å². The molecule has 0 aromatic carbocycles. The molecule has 0 saturated carbocycles. The predicted molar refractivity (Wildman–Crippen MR) is 60.6 cm³/mol. The summed E-state index contributed by atoms with van der Waals surface area (Å²) >= 11 is 0. The molecule has 1 saturated heterocycles.